The number of hydrogen-bond donors (Lipinski definition) is 1. The lowest BCUT2D eigenvalue weighted by Crippen LogP contribution is -2.35. The molecule has 2 aromatic rings. The fourth-order valence-corrected chi connectivity index (χ4v) is 4.66. The highest BCUT2D eigenvalue weighted by Gasteiger charge is 2.44. The molecule has 1 atom stereocenters. The van der Waals surface area contributed by atoms with Crippen molar-refractivity contribution in [3.05, 3.63) is 64.8 Å². The Morgan fingerprint density at radius 2 is 1.75 bits per heavy atom. The fourth-order valence-electron chi connectivity index (χ4n) is 4.66. The molecule has 1 aliphatic rings. The number of amides is 1. The summed E-state index contributed by atoms with van der Waals surface area (Å²) in [5, 5.41) is 10.9. The van der Waals surface area contributed by atoms with Crippen LogP contribution < -0.4 is 4.74 Å². The Hall–Kier alpha value is -3.06. The Balaban J connectivity index is 1.88. The molecule has 0 bridgehead atoms. The van der Waals surface area contributed by atoms with Gasteiger partial charge in [0.1, 0.15) is 11.5 Å². The highest BCUT2D eigenvalue weighted by Crippen LogP contribution is 2.40. The van der Waals surface area contributed by atoms with Crippen LogP contribution in [0.1, 0.15) is 80.8 Å². The van der Waals surface area contributed by atoms with Crippen molar-refractivity contribution in [1.82, 2.24) is 9.80 Å². The predicted molar refractivity (Wildman–Crippen MR) is 140 cm³/mol. The summed E-state index contributed by atoms with van der Waals surface area (Å²) in [5.74, 6) is -0.152. The van der Waals surface area contributed by atoms with Gasteiger partial charge in [-0.1, -0.05) is 38.8 Å². The predicted octanol–water partition coefficient (Wildman–Crippen LogP) is 5.86. The van der Waals surface area contributed by atoms with Gasteiger partial charge in [0.15, 0.2) is 11.5 Å². The molecule has 1 N–H and O–H groups in total. The van der Waals surface area contributed by atoms with Crippen LogP contribution in [0.3, 0.4) is 0 Å². The summed E-state index contributed by atoms with van der Waals surface area (Å²) < 4.78 is 11.2. The Morgan fingerprint density at radius 1 is 1.06 bits per heavy atom. The number of ketones is 1. The number of aliphatic hydroxyl groups excluding tert-OH is 1. The van der Waals surface area contributed by atoms with Crippen LogP contribution in [0, 0.1) is 6.92 Å². The lowest BCUT2D eigenvalue weighted by molar-refractivity contribution is -0.129. The molecule has 2 heterocycles. The molecule has 36 heavy (non-hydrogen) atoms. The van der Waals surface area contributed by atoms with Gasteiger partial charge in [0.05, 0.1) is 18.2 Å². The normalized spacial score (nSPS) is 15.9. The number of Topliss-reactive ketones (excluding diaryl/α,β-unsaturated/α-hetero) is 1. The van der Waals surface area contributed by atoms with E-state index in [-0.39, 0.29) is 11.3 Å². The van der Waals surface area contributed by atoms with Gasteiger partial charge in [-0.25, -0.2) is 0 Å². The van der Waals surface area contributed by atoms with Crippen LogP contribution in [0.5, 0.6) is 5.75 Å². The molecule has 196 valence electrons. The third-order valence-electron chi connectivity index (χ3n) is 6.53. The van der Waals surface area contributed by atoms with E-state index in [1.165, 1.54) is 0 Å². The van der Waals surface area contributed by atoms with Crippen molar-refractivity contribution in [2.75, 3.05) is 32.8 Å². The van der Waals surface area contributed by atoms with Crippen LogP contribution >= 0.6 is 0 Å². The number of unbranched alkanes of at least 4 members (excludes halogenated alkanes) is 2. The highest BCUT2D eigenvalue weighted by atomic mass is 16.5. The van der Waals surface area contributed by atoms with Crippen molar-refractivity contribution >= 4 is 11.7 Å². The van der Waals surface area contributed by atoms with Crippen LogP contribution in [0.4, 0.5) is 0 Å². The molecule has 1 unspecified atom stereocenters. The summed E-state index contributed by atoms with van der Waals surface area (Å²) in [6.45, 7) is 11.9. The summed E-state index contributed by atoms with van der Waals surface area (Å²) in [5.41, 5.74) is 0.774. The smallest absolute Gasteiger partial charge is 0.290 e. The van der Waals surface area contributed by atoms with Crippen LogP contribution in [-0.2, 0) is 4.79 Å². The average Bonchev–Trinajstić information content (AvgIpc) is 3.42. The second-order valence-corrected chi connectivity index (χ2v) is 9.31. The van der Waals surface area contributed by atoms with Gasteiger partial charge < -0.3 is 24.1 Å². The van der Waals surface area contributed by atoms with E-state index in [0.717, 1.165) is 57.3 Å². The first-order valence-corrected chi connectivity index (χ1v) is 13.2. The number of benzene rings is 1. The Kier molecular flexibility index (Phi) is 10.2. The monoisotopic (exact) mass is 496 g/mol. The molecule has 0 saturated carbocycles. The maximum absolute atomic E-state index is 13.4. The number of carbonyl (C=O) groups is 2. The SMILES string of the molecule is CCCCN(CCCC)CCCN1C(=O)C(O)=C(C(=O)c2ccc(C)o2)C1c1cccc(OCC)c1. The standard InChI is InChI=1S/C29H40N2O5/c1-5-8-16-30(17-9-6-2)18-11-19-31-26(22-12-10-13-23(20-22)35-7-3)25(28(33)29(31)34)27(32)24-15-14-21(4)36-24/h10,12-15,20,26,33H,5-9,11,16-19H2,1-4H3. The molecule has 7 heteroatoms. The number of aliphatic hydroxyl groups is 1. The van der Waals surface area contributed by atoms with Crippen molar-refractivity contribution < 1.29 is 23.8 Å². The van der Waals surface area contributed by atoms with Crippen LogP contribution in [0.25, 0.3) is 0 Å². The van der Waals surface area contributed by atoms with Gasteiger partial charge in [-0.15, -0.1) is 0 Å². The molecule has 1 aliphatic heterocycles. The van der Waals surface area contributed by atoms with Crippen molar-refractivity contribution in [1.29, 1.82) is 0 Å². The molecule has 1 amide bonds. The zero-order valence-corrected chi connectivity index (χ0v) is 22.1. The van der Waals surface area contributed by atoms with E-state index in [4.69, 9.17) is 9.15 Å². The summed E-state index contributed by atoms with van der Waals surface area (Å²) in [4.78, 5) is 30.8. The van der Waals surface area contributed by atoms with Gasteiger partial charge in [0, 0.05) is 6.54 Å². The molecule has 0 radical (unpaired) electrons. The van der Waals surface area contributed by atoms with E-state index in [9.17, 15) is 14.7 Å². The molecule has 0 aliphatic carbocycles. The number of aryl methyl sites for hydroxylation is 1. The number of hydrogen-bond acceptors (Lipinski definition) is 6. The lowest BCUT2D eigenvalue weighted by atomic mass is 9.95. The zero-order valence-electron chi connectivity index (χ0n) is 22.1. The van der Waals surface area contributed by atoms with Gasteiger partial charge in [-0.3, -0.25) is 9.59 Å². The van der Waals surface area contributed by atoms with E-state index in [0.29, 0.717) is 24.7 Å². The summed E-state index contributed by atoms with van der Waals surface area (Å²) in [6.07, 6.45) is 5.31. The van der Waals surface area contributed by atoms with Crippen molar-refractivity contribution in [3.8, 4) is 5.75 Å². The van der Waals surface area contributed by atoms with Gasteiger partial charge in [-0.2, -0.15) is 0 Å². The first-order valence-electron chi connectivity index (χ1n) is 13.2. The minimum Gasteiger partial charge on any atom is -0.503 e. The maximum Gasteiger partial charge on any atom is 0.290 e. The molecular formula is C29H40N2O5. The van der Waals surface area contributed by atoms with Gasteiger partial charge in [-0.05, 0) is 82.6 Å². The van der Waals surface area contributed by atoms with Gasteiger partial charge >= 0.3 is 0 Å². The number of nitrogens with zero attached hydrogens (tertiary/aromatic N) is 2. The molecular weight excluding hydrogens is 456 g/mol. The fraction of sp³-hybridized carbons (Fsp3) is 0.517. The summed E-state index contributed by atoms with van der Waals surface area (Å²) in [7, 11) is 0. The second kappa shape index (κ2) is 13.3. The quantitative estimate of drug-likeness (QED) is 0.311. The van der Waals surface area contributed by atoms with E-state index >= 15 is 0 Å². The summed E-state index contributed by atoms with van der Waals surface area (Å²) in [6, 6.07) is 9.95. The van der Waals surface area contributed by atoms with Crippen LogP contribution in [-0.4, -0.2) is 59.4 Å². The molecule has 3 rings (SSSR count). The molecule has 1 aromatic heterocycles. The topological polar surface area (TPSA) is 83.2 Å². The Morgan fingerprint density at radius 3 is 2.36 bits per heavy atom. The van der Waals surface area contributed by atoms with E-state index < -0.39 is 23.5 Å². The lowest BCUT2D eigenvalue weighted by Gasteiger charge is -2.28. The third kappa shape index (κ3) is 6.58. The second-order valence-electron chi connectivity index (χ2n) is 9.31. The average molecular weight is 497 g/mol. The van der Waals surface area contributed by atoms with Crippen molar-refractivity contribution in [3.63, 3.8) is 0 Å². The van der Waals surface area contributed by atoms with Crippen LogP contribution in [0.15, 0.2) is 52.1 Å². The van der Waals surface area contributed by atoms with E-state index in [1.807, 2.05) is 31.2 Å². The molecule has 7 nitrogen and oxygen atoms in total. The minimum absolute atomic E-state index is 0.0526. The number of furan rings is 1. The largest absolute Gasteiger partial charge is 0.503 e. The zero-order chi connectivity index (χ0) is 26.1. The molecule has 0 saturated heterocycles. The number of ether oxygens (including phenoxy) is 1. The first kappa shape index (κ1) is 27.5. The first-order chi connectivity index (χ1) is 17.4. The minimum atomic E-state index is -0.712. The molecule has 0 spiro atoms. The van der Waals surface area contributed by atoms with Crippen molar-refractivity contribution in [2.45, 2.75) is 65.8 Å². The summed E-state index contributed by atoms with van der Waals surface area (Å²) >= 11 is 0. The number of rotatable bonds is 15. The van der Waals surface area contributed by atoms with E-state index in [1.54, 1.807) is 24.0 Å². The van der Waals surface area contributed by atoms with Gasteiger partial charge in [0.25, 0.3) is 5.91 Å². The Bertz CT molecular complexity index is 1050. The number of carbonyl (C=O) groups excluding carboxylic acids is 2. The third-order valence-corrected chi connectivity index (χ3v) is 6.53. The van der Waals surface area contributed by atoms with Gasteiger partial charge in [0.2, 0.25) is 5.78 Å². The van der Waals surface area contributed by atoms with Crippen LogP contribution in [0.2, 0.25) is 0 Å². The van der Waals surface area contributed by atoms with E-state index in [2.05, 4.69) is 18.7 Å². The molecule has 0 fully saturated rings. The Labute approximate surface area is 214 Å². The maximum atomic E-state index is 13.4. The molecule has 1 aromatic carbocycles. The highest BCUT2D eigenvalue weighted by molar-refractivity contribution is 6.15. The van der Waals surface area contributed by atoms with Crippen molar-refractivity contribution in [2.24, 2.45) is 0 Å².